The Morgan fingerprint density at radius 2 is 1.54 bits per heavy atom. The van der Waals surface area contributed by atoms with E-state index in [1.54, 1.807) is 0 Å². The molecule has 1 amide bonds. The first-order valence-corrected chi connectivity index (χ1v) is 9.24. The summed E-state index contributed by atoms with van der Waals surface area (Å²) in [5.41, 5.74) is 1.77. The standard InChI is InChI=1S/C20H22F3N3O2/c21-20(22,23)28-18-8-6-17(7-9-18)24-19(27)15-26-12-10-25(11-13-26)14-16-4-2-1-3-5-16/h1-9H,10-15H2,(H,24,27)/p+2. The molecule has 0 aromatic heterocycles. The quantitative estimate of drug-likeness (QED) is 0.668. The van der Waals surface area contributed by atoms with Crippen molar-refractivity contribution in [2.75, 3.05) is 38.0 Å². The Morgan fingerprint density at radius 3 is 2.14 bits per heavy atom. The number of hydrogen-bond donors (Lipinski definition) is 3. The number of anilines is 1. The van der Waals surface area contributed by atoms with Crippen molar-refractivity contribution in [3.05, 3.63) is 60.2 Å². The lowest BCUT2D eigenvalue weighted by atomic mass is 10.2. The first-order chi connectivity index (χ1) is 13.4. The molecule has 0 bridgehead atoms. The molecule has 2 aromatic carbocycles. The molecule has 150 valence electrons. The zero-order valence-corrected chi connectivity index (χ0v) is 15.4. The second-order valence-corrected chi connectivity index (χ2v) is 6.96. The highest BCUT2D eigenvalue weighted by Crippen LogP contribution is 2.23. The van der Waals surface area contributed by atoms with Gasteiger partial charge >= 0.3 is 6.36 Å². The molecule has 28 heavy (non-hydrogen) atoms. The Balaban J connectivity index is 1.41. The first-order valence-electron chi connectivity index (χ1n) is 9.24. The molecule has 2 aromatic rings. The molecule has 0 aliphatic carbocycles. The molecular formula is C20H24F3N3O2+2. The van der Waals surface area contributed by atoms with Crippen LogP contribution in [0, 0.1) is 0 Å². The molecule has 0 saturated carbocycles. The average Bonchev–Trinajstić information content (AvgIpc) is 2.65. The molecule has 0 spiro atoms. The molecule has 3 rings (SSSR count). The Labute approximate surface area is 161 Å². The number of benzene rings is 2. The summed E-state index contributed by atoms with van der Waals surface area (Å²) in [6, 6.07) is 15.5. The van der Waals surface area contributed by atoms with Crippen molar-refractivity contribution in [2.45, 2.75) is 12.9 Å². The summed E-state index contributed by atoms with van der Waals surface area (Å²) in [4.78, 5) is 14.9. The number of quaternary nitrogens is 2. The minimum atomic E-state index is -4.72. The molecule has 1 fully saturated rings. The molecular weight excluding hydrogens is 371 g/mol. The number of nitrogens with one attached hydrogen (secondary N) is 3. The normalized spacial score (nSPS) is 19.8. The van der Waals surface area contributed by atoms with Gasteiger partial charge in [0.25, 0.3) is 5.91 Å². The Bertz CT molecular complexity index is 759. The van der Waals surface area contributed by atoms with E-state index in [-0.39, 0.29) is 11.7 Å². The van der Waals surface area contributed by atoms with Crippen molar-refractivity contribution < 1.29 is 32.5 Å². The second kappa shape index (κ2) is 9.07. The zero-order chi connectivity index (χ0) is 20.0. The topological polar surface area (TPSA) is 47.2 Å². The van der Waals surface area contributed by atoms with E-state index < -0.39 is 6.36 Å². The van der Waals surface area contributed by atoms with Gasteiger partial charge in [-0.15, -0.1) is 13.2 Å². The van der Waals surface area contributed by atoms with Crippen LogP contribution in [0.25, 0.3) is 0 Å². The second-order valence-electron chi connectivity index (χ2n) is 6.96. The Hall–Kier alpha value is -2.58. The van der Waals surface area contributed by atoms with Gasteiger partial charge in [0.15, 0.2) is 6.54 Å². The van der Waals surface area contributed by atoms with Crippen LogP contribution >= 0.6 is 0 Å². The lowest BCUT2D eigenvalue weighted by Gasteiger charge is -2.29. The van der Waals surface area contributed by atoms with Gasteiger partial charge in [-0.2, -0.15) is 0 Å². The van der Waals surface area contributed by atoms with Crippen LogP contribution in [-0.2, 0) is 11.3 Å². The Morgan fingerprint density at radius 1 is 0.929 bits per heavy atom. The summed E-state index contributed by atoms with van der Waals surface area (Å²) in [6.07, 6.45) is -4.72. The molecule has 1 aliphatic heterocycles. The van der Waals surface area contributed by atoms with E-state index in [4.69, 9.17) is 0 Å². The van der Waals surface area contributed by atoms with Crippen LogP contribution in [0.4, 0.5) is 18.9 Å². The fourth-order valence-corrected chi connectivity index (χ4v) is 3.37. The van der Waals surface area contributed by atoms with Crippen LogP contribution < -0.4 is 19.9 Å². The van der Waals surface area contributed by atoms with Crippen LogP contribution in [0.1, 0.15) is 5.56 Å². The van der Waals surface area contributed by atoms with Gasteiger partial charge in [-0.3, -0.25) is 4.79 Å². The highest BCUT2D eigenvalue weighted by atomic mass is 19.4. The molecule has 3 N–H and O–H groups in total. The lowest BCUT2D eigenvalue weighted by Crippen LogP contribution is -3.28. The largest absolute Gasteiger partial charge is 0.573 e. The summed E-state index contributed by atoms with van der Waals surface area (Å²) in [5, 5.41) is 2.73. The van der Waals surface area contributed by atoms with Crippen molar-refractivity contribution in [3.63, 3.8) is 0 Å². The number of carbonyl (C=O) groups is 1. The molecule has 1 saturated heterocycles. The predicted molar refractivity (Wildman–Crippen MR) is 98.2 cm³/mol. The van der Waals surface area contributed by atoms with Gasteiger partial charge in [-0.05, 0) is 24.3 Å². The molecule has 5 nitrogen and oxygen atoms in total. The maximum Gasteiger partial charge on any atom is 0.573 e. The minimum Gasteiger partial charge on any atom is -0.406 e. The van der Waals surface area contributed by atoms with Crippen molar-refractivity contribution in [2.24, 2.45) is 0 Å². The minimum absolute atomic E-state index is 0.147. The molecule has 1 aliphatic rings. The van der Waals surface area contributed by atoms with Crippen molar-refractivity contribution in [3.8, 4) is 5.75 Å². The summed E-state index contributed by atoms with van der Waals surface area (Å²) in [5.74, 6) is -0.459. The van der Waals surface area contributed by atoms with E-state index in [1.165, 1.54) is 39.6 Å². The third-order valence-corrected chi connectivity index (χ3v) is 4.74. The predicted octanol–water partition coefficient (Wildman–Crippen LogP) is 0.507. The lowest BCUT2D eigenvalue weighted by molar-refractivity contribution is -1.02. The molecule has 1 heterocycles. The summed E-state index contributed by atoms with van der Waals surface area (Å²) >= 11 is 0. The average molecular weight is 395 g/mol. The Kier molecular flexibility index (Phi) is 6.53. The van der Waals surface area contributed by atoms with Crippen LogP contribution in [0.15, 0.2) is 54.6 Å². The van der Waals surface area contributed by atoms with Gasteiger partial charge in [0.1, 0.15) is 38.5 Å². The van der Waals surface area contributed by atoms with E-state index in [1.807, 2.05) is 18.2 Å². The van der Waals surface area contributed by atoms with Crippen LogP contribution in [-0.4, -0.2) is 45.0 Å². The summed E-state index contributed by atoms with van der Waals surface area (Å²) < 4.78 is 40.3. The molecule has 8 heteroatoms. The fraction of sp³-hybridized carbons (Fsp3) is 0.350. The maximum absolute atomic E-state index is 12.2. The van der Waals surface area contributed by atoms with Gasteiger partial charge in [0.2, 0.25) is 0 Å². The molecule has 0 unspecified atom stereocenters. The third kappa shape index (κ3) is 6.54. The number of carbonyl (C=O) groups excluding carboxylic acids is 1. The zero-order valence-electron chi connectivity index (χ0n) is 15.4. The monoisotopic (exact) mass is 395 g/mol. The number of piperazine rings is 1. The number of alkyl halides is 3. The van der Waals surface area contributed by atoms with Gasteiger partial charge < -0.3 is 19.9 Å². The number of ether oxygens (including phenoxy) is 1. The summed E-state index contributed by atoms with van der Waals surface area (Å²) in [6.45, 7) is 5.16. The third-order valence-electron chi connectivity index (χ3n) is 4.74. The van der Waals surface area contributed by atoms with Crippen LogP contribution in [0.2, 0.25) is 0 Å². The molecule has 0 atom stereocenters. The summed E-state index contributed by atoms with van der Waals surface area (Å²) in [7, 11) is 0. The van der Waals surface area contributed by atoms with E-state index >= 15 is 0 Å². The van der Waals surface area contributed by atoms with Crippen molar-refractivity contribution >= 4 is 11.6 Å². The highest BCUT2D eigenvalue weighted by molar-refractivity contribution is 5.91. The maximum atomic E-state index is 12.2. The number of hydrogen-bond acceptors (Lipinski definition) is 2. The highest BCUT2D eigenvalue weighted by Gasteiger charge is 2.31. The van der Waals surface area contributed by atoms with E-state index in [0.717, 1.165) is 32.7 Å². The van der Waals surface area contributed by atoms with Crippen LogP contribution in [0.3, 0.4) is 0 Å². The number of halogens is 3. The van der Waals surface area contributed by atoms with Crippen LogP contribution in [0.5, 0.6) is 5.75 Å². The SMILES string of the molecule is O=C(C[NH+]1CC[NH+](Cc2ccccc2)CC1)Nc1ccc(OC(F)(F)F)cc1. The van der Waals surface area contributed by atoms with E-state index in [0.29, 0.717) is 12.2 Å². The van der Waals surface area contributed by atoms with Gasteiger partial charge in [-0.25, -0.2) is 0 Å². The van der Waals surface area contributed by atoms with Gasteiger partial charge in [-0.1, -0.05) is 30.3 Å². The number of amides is 1. The van der Waals surface area contributed by atoms with Gasteiger partial charge in [0.05, 0.1) is 0 Å². The molecule has 0 radical (unpaired) electrons. The van der Waals surface area contributed by atoms with Crippen molar-refractivity contribution in [1.29, 1.82) is 0 Å². The fourth-order valence-electron chi connectivity index (χ4n) is 3.37. The van der Waals surface area contributed by atoms with Gasteiger partial charge in [0, 0.05) is 11.3 Å². The van der Waals surface area contributed by atoms with E-state index in [2.05, 4.69) is 22.2 Å². The van der Waals surface area contributed by atoms with E-state index in [9.17, 15) is 18.0 Å². The first kappa shape index (κ1) is 20.2. The number of rotatable bonds is 6. The smallest absolute Gasteiger partial charge is 0.406 e. The van der Waals surface area contributed by atoms with Crippen molar-refractivity contribution in [1.82, 2.24) is 0 Å².